The average molecular weight is 506 g/mol. The van der Waals surface area contributed by atoms with Gasteiger partial charge in [0.05, 0.1) is 37.5 Å². The van der Waals surface area contributed by atoms with Crippen LogP contribution >= 0.6 is 0 Å². The highest BCUT2D eigenvalue weighted by molar-refractivity contribution is 5.98. The fourth-order valence-corrected chi connectivity index (χ4v) is 5.06. The molecule has 3 atom stereocenters. The van der Waals surface area contributed by atoms with Crippen LogP contribution in [0.25, 0.3) is 0 Å². The quantitative estimate of drug-likeness (QED) is 0.521. The molecular formula is C23H25F3N6O4. The molecule has 0 N–H and O–H groups in total. The minimum absolute atomic E-state index is 0.0208. The molecule has 0 spiro atoms. The Labute approximate surface area is 204 Å². The predicted octanol–water partition coefficient (Wildman–Crippen LogP) is 1.82. The van der Waals surface area contributed by atoms with E-state index in [1.807, 2.05) is 4.90 Å². The van der Waals surface area contributed by atoms with E-state index in [0.717, 1.165) is 24.2 Å². The van der Waals surface area contributed by atoms with E-state index in [-0.39, 0.29) is 42.6 Å². The van der Waals surface area contributed by atoms with Gasteiger partial charge >= 0.3 is 12.2 Å². The fraction of sp³-hybridized carbons (Fsp3) is 0.609. The largest absolute Gasteiger partial charge is 0.463 e. The lowest BCUT2D eigenvalue weighted by Crippen LogP contribution is -2.54. The molecule has 0 aromatic carbocycles. The SMILES string of the molecule is O=C(CN1c2nc(N3C[C@@H]4C[C@H]3CO4)cc(=O)n2CC[C@H]1C(F)(F)F)c1cnc(OCC2CC2)nc1. The molecule has 10 nitrogen and oxygen atoms in total. The van der Waals surface area contributed by atoms with E-state index in [9.17, 15) is 22.8 Å². The van der Waals surface area contributed by atoms with Crippen LogP contribution in [-0.2, 0) is 11.3 Å². The van der Waals surface area contributed by atoms with Gasteiger partial charge in [0.15, 0.2) is 5.78 Å². The number of ketones is 1. The van der Waals surface area contributed by atoms with Gasteiger partial charge in [0.25, 0.3) is 5.56 Å². The van der Waals surface area contributed by atoms with E-state index in [1.165, 1.54) is 23.0 Å². The molecule has 2 saturated heterocycles. The molecule has 6 rings (SSSR count). The van der Waals surface area contributed by atoms with Gasteiger partial charge in [0.2, 0.25) is 5.95 Å². The predicted molar refractivity (Wildman–Crippen MR) is 120 cm³/mol. The molecule has 192 valence electrons. The Morgan fingerprint density at radius 3 is 2.61 bits per heavy atom. The maximum Gasteiger partial charge on any atom is 0.408 e. The Balaban J connectivity index is 1.28. The van der Waals surface area contributed by atoms with Gasteiger partial charge in [0, 0.05) is 31.5 Å². The first kappa shape index (κ1) is 23.2. The van der Waals surface area contributed by atoms with Gasteiger partial charge in [-0.15, -0.1) is 0 Å². The Hall–Kier alpha value is -3.22. The van der Waals surface area contributed by atoms with Crippen LogP contribution in [0.1, 0.15) is 36.0 Å². The number of aromatic nitrogens is 4. The van der Waals surface area contributed by atoms with Crippen molar-refractivity contribution in [3.8, 4) is 6.01 Å². The summed E-state index contributed by atoms with van der Waals surface area (Å²) in [5, 5.41) is 0. The number of rotatable bonds is 7. The summed E-state index contributed by atoms with van der Waals surface area (Å²) in [6.07, 6.45) is 0.527. The van der Waals surface area contributed by atoms with E-state index in [1.54, 1.807) is 0 Å². The van der Waals surface area contributed by atoms with E-state index in [4.69, 9.17) is 9.47 Å². The van der Waals surface area contributed by atoms with Gasteiger partial charge in [0.1, 0.15) is 11.9 Å². The summed E-state index contributed by atoms with van der Waals surface area (Å²) in [7, 11) is 0. The Kier molecular flexibility index (Phi) is 5.61. The molecule has 13 heteroatoms. The number of anilines is 2. The zero-order chi connectivity index (χ0) is 25.0. The second-order valence-electron chi connectivity index (χ2n) is 9.81. The standard InChI is InChI=1S/C23H25F3N6O4/c24-23(25,26)18-3-4-30-20(34)6-19(31-9-16-5-15(31)12-35-16)29-22(30)32(18)10-17(33)14-7-27-21(28-8-14)36-11-13-1-2-13/h6-8,13,15-16,18H,1-5,9-12H2/t15-,16-,18-/m0/s1. The van der Waals surface area contributed by atoms with E-state index in [0.29, 0.717) is 31.5 Å². The third-order valence-corrected chi connectivity index (χ3v) is 7.22. The van der Waals surface area contributed by atoms with Gasteiger partial charge < -0.3 is 19.3 Å². The number of ether oxygens (including phenoxy) is 2. The molecule has 3 fully saturated rings. The number of alkyl halides is 3. The second kappa shape index (κ2) is 8.71. The molecule has 0 unspecified atom stereocenters. The van der Waals surface area contributed by atoms with Crippen LogP contribution < -0.4 is 20.1 Å². The van der Waals surface area contributed by atoms with E-state index >= 15 is 0 Å². The lowest BCUT2D eigenvalue weighted by Gasteiger charge is -2.39. The van der Waals surface area contributed by atoms with Crippen LogP contribution in [-0.4, -0.2) is 76.0 Å². The third kappa shape index (κ3) is 4.40. The highest BCUT2D eigenvalue weighted by atomic mass is 19.4. The summed E-state index contributed by atoms with van der Waals surface area (Å²) in [5.41, 5.74) is -0.392. The summed E-state index contributed by atoms with van der Waals surface area (Å²) in [6, 6.07) is -0.452. The van der Waals surface area contributed by atoms with Gasteiger partial charge in [-0.25, -0.2) is 9.97 Å². The number of hydrogen-bond donors (Lipinski definition) is 0. The molecule has 36 heavy (non-hydrogen) atoms. The molecule has 3 aliphatic heterocycles. The summed E-state index contributed by atoms with van der Waals surface area (Å²) in [5.74, 6) is 0.0356. The molecule has 0 amide bonds. The third-order valence-electron chi connectivity index (χ3n) is 7.22. The van der Waals surface area contributed by atoms with Crippen LogP contribution in [0.5, 0.6) is 6.01 Å². The number of carbonyl (C=O) groups excluding carboxylic acids is 1. The van der Waals surface area contributed by atoms with Crippen LogP contribution in [0.4, 0.5) is 24.9 Å². The lowest BCUT2D eigenvalue weighted by atomic mass is 10.1. The molecule has 4 aliphatic rings. The van der Waals surface area contributed by atoms with Crippen LogP contribution in [0.3, 0.4) is 0 Å². The number of hydrogen-bond acceptors (Lipinski definition) is 9. The highest BCUT2D eigenvalue weighted by Gasteiger charge is 2.48. The molecule has 1 aliphatic carbocycles. The van der Waals surface area contributed by atoms with Crippen molar-refractivity contribution in [2.24, 2.45) is 5.92 Å². The van der Waals surface area contributed by atoms with Crippen LogP contribution in [0.15, 0.2) is 23.3 Å². The molecule has 2 aromatic rings. The maximum absolute atomic E-state index is 14.0. The first-order chi connectivity index (χ1) is 17.3. The van der Waals surface area contributed by atoms with Crippen molar-refractivity contribution >= 4 is 17.5 Å². The topological polar surface area (TPSA) is 103 Å². The van der Waals surface area contributed by atoms with Crippen molar-refractivity contribution in [2.45, 2.75) is 56.6 Å². The molecule has 2 bridgehead atoms. The molecular weight excluding hydrogens is 481 g/mol. The maximum atomic E-state index is 14.0. The minimum Gasteiger partial charge on any atom is -0.463 e. The fourth-order valence-electron chi connectivity index (χ4n) is 5.06. The number of carbonyl (C=O) groups is 1. The summed E-state index contributed by atoms with van der Waals surface area (Å²) >= 11 is 0. The van der Waals surface area contributed by atoms with Crippen molar-refractivity contribution in [2.75, 3.05) is 36.1 Å². The summed E-state index contributed by atoms with van der Waals surface area (Å²) < 4.78 is 54.4. The Morgan fingerprint density at radius 2 is 1.97 bits per heavy atom. The first-order valence-corrected chi connectivity index (χ1v) is 12.1. The highest BCUT2D eigenvalue weighted by Crippen LogP contribution is 2.36. The van der Waals surface area contributed by atoms with Crippen molar-refractivity contribution < 1.29 is 27.4 Å². The van der Waals surface area contributed by atoms with Gasteiger partial charge in [-0.3, -0.25) is 14.2 Å². The molecule has 2 aromatic heterocycles. The monoisotopic (exact) mass is 506 g/mol. The van der Waals surface area contributed by atoms with Crippen molar-refractivity contribution in [3.63, 3.8) is 0 Å². The lowest BCUT2D eigenvalue weighted by molar-refractivity contribution is -0.152. The normalized spacial score (nSPS) is 25.2. The Bertz CT molecular complexity index is 1220. The number of morpholine rings is 1. The zero-order valence-corrected chi connectivity index (χ0v) is 19.4. The number of Topliss-reactive ketones (excluding diaryl/α,β-unsaturated/α-hetero) is 1. The van der Waals surface area contributed by atoms with Crippen molar-refractivity contribution in [1.29, 1.82) is 0 Å². The smallest absolute Gasteiger partial charge is 0.408 e. The Morgan fingerprint density at radius 1 is 1.19 bits per heavy atom. The minimum atomic E-state index is -4.61. The molecule has 0 radical (unpaired) electrons. The van der Waals surface area contributed by atoms with Gasteiger partial charge in [-0.2, -0.15) is 18.2 Å². The van der Waals surface area contributed by atoms with Crippen molar-refractivity contribution in [1.82, 2.24) is 19.5 Å². The zero-order valence-electron chi connectivity index (χ0n) is 19.4. The average Bonchev–Trinajstić information content (AvgIpc) is 3.44. The number of nitrogens with zero attached hydrogens (tertiary/aromatic N) is 6. The van der Waals surface area contributed by atoms with Crippen LogP contribution in [0, 0.1) is 5.92 Å². The molecule has 1 saturated carbocycles. The van der Waals surface area contributed by atoms with Gasteiger partial charge in [-0.1, -0.05) is 0 Å². The number of fused-ring (bicyclic) bond motifs is 3. The first-order valence-electron chi connectivity index (χ1n) is 12.1. The van der Waals surface area contributed by atoms with Crippen LogP contribution in [0.2, 0.25) is 0 Å². The van der Waals surface area contributed by atoms with E-state index < -0.39 is 30.1 Å². The number of halogens is 3. The molecule has 5 heterocycles. The summed E-state index contributed by atoms with van der Waals surface area (Å²) in [6.45, 7) is 0.744. The summed E-state index contributed by atoms with van der Waals surface area (Å²) in [4.78, 5) is 41.3. The second-order valence-corrected chi connectivity index (χ2v) is 9.81. The van der Waals surface area contributed by atoms with Crippen molar-refractivity contribution in [3.05, 3.63) is 34.4 Å². The van der Waals surface area contributed by atoms with Gasteiger partial charge in [-0.05, 0) is 31.6 Å². The van der Waals surface area contributed by atoms with E-state index in [2.05, 4.69) is 15.0 Å².